The molecule has 0 bridgehead atoms. The van der Waals surface area contributed by atoms with E-state index in [1.807, 2.05) is 0 Å². The molecule has 0 radical (unpaired) electrons. The molecular formula is C13H12N2O3. The van der Waals surface area contributed by atoms with Crippen molar-refractivity contribution >= 4 is 17.6 Å². The van der Waals surface area contributed by atoms with E-state index in [-0.39, 0.29) is 16.8 Å². The maximum Gasteiger partial charge on any atom is 0.340 e. The van der Waals surface area contributed by atoms with Gasteiger partial charge in [-0.1, -0.05) is 30.3 Å². The summed E-state index contributed by atoms with van der Waals surface area (Å²) in [5.41, 5.74) is 12.6. The number of carbonyl (C=O) groups is 2. The lowest BCUT2D eigenvalue weighted by molar-refractivity contribution is 0.0603. The molecule has 0 unspecified atom stereocenters. The van der Waals surface area contributed by atoms with Crippen LogP contribution in [-0.2, 0) is 4.74 Å². The molecule has 0 saturated heterocycles. The molecule has 18 heavy (non-hydrogen) atoms. The second-order valence-electron chi connectivity index (χ2n) is 3.76. The van der Waals surface area contributed by atoms with Crippen LogP contribution in [0.5, 0.6) is 0 Å². The normalized spacial score (nSPS) is 10.3. The fourth-order valence-electron chi connectivity index (χ4n) is 1.99. The van der Waals surface area contributed by atoms with Crippen molar-refractivity contribution in [2.45, 2.75) is 0 Å². The molecule has 0 heterocycles. The van der Waals surface area contributed by atoms with Gasteiger partial charge >= 0.3 is 5.97 Å². The number of anilines is 1. The van der Waals surface area contributed by atoms with Gasteiger partial charge < -0.3 is 16.2 Å². The fourth-order valence-corrected chi connectivity index (χ4v) is 1.99. The number of hydrogen-bond donors (Lipinski definition) is 2. The largest absolute Gasteiger partial charge is 0.465 e. The molecule has 4 N–H and O–H groups in total. The van der Waals surface area contributed by atoms with Gasteiger partial charge in [0.1, 0.15) is 0 Å². The molecule has 0 aromatic heterocycles. The van der Waals surface area contributed by atoms with Crippen LogP contribution in [0.3, 0.4) is 0 Å². The Bertz CT molecular complexity index is 608. The number of carbonyl (C=O) groups excluding carboxylic acids is 2. The van der Waals surface area contributed by atoms with E-state index in [1.165, 1.54) is 7.11 Å². The molecule has 0 aromatic rings. The molecule has 1 amide bonds. The monoisotopic (exact) mass is 244 g/mol. The summed E-state index contributed by atoms with van der Waals surface area (Å²) >= 11 is 0. The van der Waals surface area contributed by atoms with Crippen LogP contribution in [-0.4, -0.2) is 19.0 Å². The van der Waals surface area contributed by atoms with E-state index in [9.17, 15) is 9.59 Å². The number of esters is 1. The first-order valence-corrected chi connectivity index (χ1v) is 5.26. The van der Waals surface area contributed by atoms with Gasteiger partial charge in [-0.15, -0.1) is 0 Å². The number of fused-ring (bicyclic) bond motifs is 1. The Labute approximate surface area is 104 Å². The fraction of sp³-hybridized carbons (Fsp3) is 0.0769. The molecule has 2 aliphatic rings. The summed E-state index contributed by atoms with van der Waals surface area (Å²) < 4.78 is 4.68. The van der Waals surface area contributed by atoms with Crippen LogP contribution in [0.25, 0.3) is 11.1 Å². The van der Waals surface area contributed by atoms with Crippen molar-refractivity contribution in [3.05, 3.63) is 41.5 Å². The van der Waals surface area contributed by atoms with E-state index in [1.54, 1.807) is 30.3 Å². The van der Waals surface area contributed by atoms with Gasteiger partial charge in [-0.2, -0.15) is 0 Å². The third kappa shape index (κ3) is 1.66. The summed E-state index contributed by atoms with van der Waals surface area (Å²) in [6, 6.07) is 8.67. The van der Waals surface area contributed by atoms with Gasteiger partial charge in [0.25, 0.3) is 5.91 Å². The Kier molecular flexibility index (Phi) is 2.89. The van der Waals surface area contributed by atoms with Gasteiger partial charge in [-0.3, -0.25) is 4.79 Å². The Morgan fingerprint density at radius 3 is 2.11 bits per heavy atom. The number of hydrogen-bond acceptors (Lipinski definition) is 4. The lowest BCUT2D eigenvalue weighted by atomic mass is 10.1. The molecular weight excluding hydrogens is 232 g/mol. The van der Waals surface area contributed by atoms with Crippen molar-refractivity contribution in [2.24, 2.45) is 5.73 Å². The Hall–Kier alpha value is -2.56. The van der Waals surface area contributed by atoms with Crippen LogP contribution in [0.1, 0.15) is 20.7 Å². The second kappa shape index (κ2) is 4.37. The minimum absolute atomic E-state index is 0.0653. The highest BCUT2D eigenvalue weighted by molar-refractivity contribution is 6.16. The lowest BCUT2D eigenvalue weighted by Crippen LogP contribution is -2.13. The molecule has 0 spiro atoms. The Morgan fingerprint density at radius 2 is 1.61 bits per heavy atom. The predicted octanol–water partition coefficient (Wildman–Crippen LogP) is 1.26. The molecule has 5 nitrogen and oxygen atoms in total. The van der Waals surface area contributed by atoms with Gasteiger partial charge in [-0.05, 0) is 11.1 Å². The number of nitrogen functional groups attached to an aromatic ring is 1. The predicted molar refractivity (Wildman–Crippen MR) is 67.3 cm³/mol. The van der Waals surface area contributed by atoms with Crippen molar-refractivity contribution < 1.29 is 14.3 Å². The Balaban J connectivity index is 2.85. The van der Waals surface area contributed by atoms with Gasteiger partial charge in [0.15, 0.2) is 0 Å². The first-order chi connectivity index (χ1) is 8.57. The van der Waals surface area contributed by atoms with E-state index in [0.717, 1.165) is 0 Å². The van der Waals surface area contributed by atoms with E-state index in [0.29, 0.717) is 11.1 Å². The highest BCUT2D eigenvalue weighted by Crippen LogP contribution is 2.38. The standard InChI is InChI=1S/C13H12N2O3/c1-18-13(17)10-8-6-4-2-3-5-7(8)9(11(10)14)12(15)16/h2-6H,14H2,1H3,(H2,15,16). The minimum Gasteiger partial charge on any atom is -0.465 e. The molecule has 0 atom stereocenters. The third-order valence-corrected chi connectivity index (χ3v) is 2.75. The SMILES string of the molecule is COC(=O)c1c2cccccc-2c(C(N)=O)c1N. The highest BCUT2D eigenvalue weighted by atomic mass is 16.5. The molecule has 0 saturated carbocycles. The zero-order valence-electron chi connectivity index (χ0n) is 9.77. The van der Waals surface area contributed by atoms with Crippen LogP contribution in [0.2, 0.25) is 0 Å². The minimum atomic E-state index is -0.668. The molecule has 5 heteroatoms. The van der Waals surface area contributed by atoms with Crippen LogP contribution >= 0.6 is 0 Å². The third-order valence-electron chi connectivity index (χ3n) is 2.75. The summed E-state index contributed by atoms with van der Waals surface area (Å²) in [6.45, 7) is 0. The van der Waals surface area contributed by atoms with Gasteiger partial charge in [0.2, 0.25) is 0 Å². The number of primary amides is 1. The van der Waals surface area contributed by atoms with E-state index in [2.05, 4.69) is 4.74 Å². The zero-order chi connectivity index (χ0) is 13.3. The van der Waals surface area contributed by atoms with Crippen molar-refractivity contribution in [1.82, 2.24) is 0 Å². The maximum atomic E-state index is 11.7. The van der Waals surface area contributed by atoms with Crippen LogP contribution < -0.4 is 11.5 Å². The molecule has 0 fully saturated rings. The van der Waals surface area contributed by atoms with Crippen molar-refractivity contribution in [3.63, 3.8) is 0 Å². The summed E-state index contributed by atoms with van der Waals surface area (Å²) in [5, 5.41) is 0. The molecule has 0 aromatic carbocycles. The Morgan fingerprint density at radius 1 is 1.06 bits per heavy atom. The summed E-state index contributed by atoms with van der Waals surface area (Å²) in [7, 11) is 1.26. The number of nitrogens with two attached hydrogens (primary N) is 2. The van der Waals surface area contributed by atoms with Gasteiger partial charge in [0, 0.05) is 0 Å². The van der Waals surface area contributed by atoms with Crippen molar-refractivity contribution in [1.29, 1.82) is 0 Å². The van der Waals surface area contributed by atoms with Crippen molar-refractivity contribution in [3.8, 4) is 11.1 Å². The van der Waals surface area contributed by atoms with Gasteiger partial charge in [0.05, 0.1) is 23.9 Å². The first kappa shape index (κ1) is 11.9. The number of amides is 1. The summed E-state index contributed by atoms with van der Waals surface area (Å²) in [4.78, 5) is 23.2. The summed E-state index contributed by atoms with van der Waals surface area (Å²) in [6.07, 6.45) is 0. The van der Waals surface area contributed by atoms with Crippen LogP contribution in [0.15, 0.2) is 30.3 Å². The van der Waals surface area contributed by atoms with E-state index in [4.69, 9.17) is 11.5 Å². The lowest BCUT2D eigenvalue weighted by Gasteiger charge is -2.00. The van der Waals surface area contributed by atoms with Crippen molar-refractivity contribution in [2.75, 3.05) is 12.8 Å². The topological polar surface area (TPSA) is 95.4 Å². The number of methoxy groups -OCH3 is 1. The van der Waals surface area contributed by atoms with Gasteiger partial charge in [-0.25, -0.2) is 4.79 Å². The van der Waals surface area contributed by atoms with Crippen LogP contribution in [0, 0.1) is 0 Å². The summed E-state index contributed by atoms with van der Waals surface area (Å²) in [5.74, 6) is -1.25. The highest BCUT2D eigenvalue weighted by Gasteiger charge is 2.28. The molecule has 2 rings (SSSR count). The van der Waals surface area contributed by atoms with E-state index >= 15 is 0 Å². The average molecular weight is 244 g/mol. The molecule has 2 aliphatic carbocycles. The first-order valence-electron chi connectivity index (χ1n) is 5.26. The van der Waals surface area contributed by atoms with E-state index < -0.39 is 11.9 Å². The number of rotatable bonds is 2. The average Bonchev–Trinajstić information content (AvgIpc) is 2.50. The quantitative estimate of drug-likeness (QED) is 0.777. The maximum absolute atomic E-state index is 11.7. The molecule has 0 aliphatic heterocycles. The second-order valence-corrected chi connectivity index (χ2v) is 3.76. The van der Waals surface area contributed by atoms with Crippen LogP contribution in [0.4, 0.5) is 5.69 Å². The zero-order valence-corrected chi connectivity index (χ0v) is 9.77. The molecule has 92 valence electrons. The smallest absolute Gasteiger partial charge is 0.340 e. The number of ether oxygens (including phenoxy) is 1.